The second-order valence-electron chi connectivity index (χ2n) is 8.15. The third-order valence-electron chi connectivity index (χ3n) is 5.68. The molecule has 7 heteroatoms. The fourth-order valence-electron chi connectivity index (χ4n) is 3.95. The van der Waals surface area contributed by atoms with Crippen LogP contribution < -0.4 is 10.1 Å². The molecule has 0 saturated carbocycles. The van der Waals surface area contributed by atoms with Crippen molar-refractivity contribution in [3.8, 4) is 5.75 Å². The summed E-state index contributed by atoms with van der Waals surface area (Å²) < 4.78 is 33.1. The Balaban J connectivity index is 1.94. The number of carbonyl (C=O) groups is 1. The number of nitrogens with one attached hydrogen (secondary N) is 1. The molecule has 0 aliphatic carbocycles. The minimum absolute atomic E-state index is 0.0400. The number of benzene rings is 3. The van der Waals surface area contributed by atoms with Gasteiger partial charge in [-0.05, 0) is 61.7 Å². The Morgan fingerprint density at radius 2 is 1.55 bits per heavy atom. The molecule has 1 atom stereocenters. The maximum atomic E-state index is 13.3. The number of amides is 1. The SMILES string of the molecule is COc1ccc([C@@H](CC(=O)Nc2c(C)cc(C)cc2C)N(C)S(=O)(=O)c2ccccc2)cc1. The lowest BCUT2D eigenvalue weighted by molar-refractivity contribution is -0.117. The lowest BCUT2D eigenvalue weighted by atomic mass is 10.0. The quantitative estimate of drug-likeness (QED) is 0.506. The zero-order valence-electron chi connectivity index (χ0n) is 19.6. The van der Waals surface area contributed by atoms with Crippen molar-refractivity contribution in [2.75, 3.05) is 19.5 Å². The molecule has 0 aliphatic heterocycles. The highest BCUT2D eigenvalue weighted by molar-refractivity contribution is 7.89. The topological polar surface area (TPSA) is 75.7 Å². The first-order valence-electron chi connectivity index (χ1n) is 10.7. The fraction of sp³-hybridized carbons (Fsp3) is 0.269. The average molecular weight is 467 g/mol. The summed E-state index contributed by atoms with van der Waals surface area (Å²) in [5.74, 6) is 0.391. The third kappa shape index (κ3) is 5.61. The van der Waals surface area contributed by atoms with Gasteiger partial charge >= 0.3 is 0 Å². The van der Waals surface area contributed by atoms with Crippen LogP contribution >= 0.6 is 0 Å². The normalized spacial score (nSPS) is 12.4. The van der Waals surface area contributed by atoms with E-state index >= 15 is 0 Å². The van der Waals surface area contributed by atoms with E-state index < -0.39 is 16.1 Å². The molecule has 0 radical (unpaired) electrons. The van der Waals surface area contributed by atoms with Gasteiger partial charge in [0.15, 0.2) is 0 Å². The summed E-state index contributed by atoms with van der Waals surface area (Å²) >= 11 is 0. The molecule has 0 spiro atoms. The highest BCUT2D eigenvalue weighted by Crippen LogP contribution is 2.31. The maximum Gasteiger partial charge on any atom is 0.243 e. The van der Waals surface area contributed by atoms with E-state index in [0.717, 1.165) is 22.4 Å². The smallest absolute Gasteiger partial charge is 0.243 e. The van der Waals surface area contributed by atoms with Gasteiger partial charge in [-0.3, -0.25) is 4.79 Å². The highest BCUT2D eigenvalue weighted by Gasteiger charge is 2.31. The second kappa shape index (κ2) is 10.2. The Morgan fingerprint density at radius 1 is 0.970 bits per heavy atom. The van der Waals surface area contributed by atoms with E-state index in [-0.39, 0.29) is 17.2 Å². The van der Waals surface area contributed by atoms with Crippen molar-refractivity contribution >= 4 is 21.6 Å². The number of anilines is 1. The van der Waals surface area contributed by atoms with Crippen molar-refractivity contribution in [2.45, 2.75) is 38.1 Å². The number of hydrogen-bond donors (Lipinski definition) is 1. The first-order chi connectivity index (χ1) is 15.6. The van der Waals surface area contributed by atoms with Gasteiger partial charge in [0.25, 0.3) is 0 Å². The van der Waals surface area contributed by atoms with E-state index in [1.54, 1.807) is 61.7 Å². The van der Waals surface area contributed by atoms with Crippen LogP contribution in [0.15, 0.2) is 71.6 Å². The summed E-state index contributed by atoms with van der Waals surface area (Å²) in [6.45, 7) is 5.90. The Bertz CT molecular complexity index is 1200. The lowest BCUT2D eigenvalue weighted by Gasteiger charge is -2.28. The molecule has 3 aromatic rings. The van der Waals surface area contributed by atoms with Crippen molar-refractivity contribution in [3.63, 3.8) is 0 Å². The molecular formula is C26H30N2O4S. The van der Waals surface area contributed by atoms with Crippen LogP contribution in [0, 0.1) is 20.8 Å². The zero-order chi connectivity index (χ0) is 24.2. The van der Waals surface area contributed by atoms with Crippen molar-refractivity contribution in [1.82, 2.24) is 4.31 Å². The number of sulfonamides is 1. The van der Waals surface area contributed by atoms with Crippen molar-refractivity contribution < 1.29 is 17.9 Å². The maximum absolute atomic E-state index is 13.3. The lowest BCUT2D eigenvalue weighted by Crippen LogP contribution is -2.34. The Labute approximate surface area is 196 Å². The average Bonchev–Trinajstić information content (AvgIpc) is 2.80. The summed E-state index contributed by atoms with van der Waals surface area (Å²) in [5.41, 5.74) is 4.50. The molecule has 0 heterocycles. The Hall–Kier alpha value is -3.16. The molecule has 3 aromatic carbocycles. The van der Waals surface area contributed by atoms with Gasteiger partial charge in [-0.25, -0.2) is 8.42 Å². The van der Waals surface area contributed by atoms with Crippen LogP contribution in [0.25, 0.3) is 0 Å². The number of methoxy groups -OCH3 is 1. The van der Waals surface area contributed by atoms with E-state index in [4.69, 9.17) is 4.74 Å². The molecule has 174 valence electrons. The molecule has 0 aliphatic rings. The first-order valence-corrected chi connectivity index (χ1v) is 12.1. The van der Waals surface area contributed by atoms with Crippen LogP contribution in [-0.4, -0.2) is 32.8 Å². The molecule has 3 rings (SSSR count). The number of ether oxygens (including phenoxy) is 1. The van der Waals surface area contributed by atoms with E-state index in [1.807, 2.05) is 32.9 Å². The predicted molar refractivity (Wildman–Crippen MR) is 131 cm³/mol. The van der Waals surface area contributed by atoms with E-state index in [0.29, 0.717) is 11.3 Å². The summed E-state index contributed by atoms with van der Waals surface area (Å²) in [7, 11) is -0.746. The number of carbonyl (C=O) groups excluding carboxylic acids is 1. The molecular weight excluding hydrogens is 436 g/mol. The van der Waals surface area contributed by atoms with Crippen LogP contribution in [0.3, 0.4) is 0 Å². The van der Waals surface area contributed by atoms with Gasteiger partial charge in [0.05, 0.1) is 18.0 Å². The van der Waals surface area contributed by atoms with Gasteiger partial charge in [-0.1, -0.05) is 48.0 Å². The molecule has 1 amide bonds. The first kappa shape index (κ1) is 24.5. The van der Waals surface area contributed by atoms with Crippen LogP contribution in [0.2, 0.25) is 0 Å². The number of rotatable bonds is 8. The second-order valence-corrected chi connectivity index (χ2v) is 10.1. The standard InChI is InChI=1S/C26H30N2O4S/c1-18-15-19(2)26(20(3)16-18)27-25(29)17-24(21-11-13-22(32-5)14-12-21)28(4)33(30,31)23-9-7-6-8-10-23/h6-16,24H,17H2,1-5H3,(H,27,29)/t24-/m1/s1. The summed E-state index contributed by atoms with van der Waals surface area (Å²) in [4.78, 5) is 13.3. The van der Waals surface area contributed by atoms with Gasteiger partial charge in [0.2, 0.25) is 15.9 Å². The molecule has 0 fully saturated rings. The highest BCUT2D eigenvalue weighted by atomic mass is 32.2. The molecule has 6 nitrogen and oxygen atoms in total. The largest absolute Gasteiger partial charge is 0.497 e. The summed E-state index contributed by atoms with van der Waals surface area (Å²) in [6.07, 6.45) is -0.0400. The minimum atomic E-state index is -3.82. The van der Waals surface area contributed by atoms with Gasteiger partial charge in [0.1, 0.15) is 5.75 Å². The van der Waals surface area contributed by atoms with Gasteiger partial charge in [-0.15, -0.1) is 0 Å². The van der Waals surface area contributed by atoms with Crippen LogP contribution in [-0.2, 0) is 14.8 Å². The monoisotopic (exact) mass is 466 g/mol. The van der Waals surface area contributed by atoms with Crippen LogP contribution in [0.1, 0.15) is 34.7 Å². The van der Waals surface area contributed by atoms with E-state index in [1.165, 1.54) is 11.4 Å². The fourth-order valence-corrected chi connectivity index (χ4v) is 5.32. The molecule has 0 bridgehead atoms. The number of nitrogens with zero attached hydrogens (tertiary/aromatic N) is 1. The summed E-state index contributed by atoms with van der Waals surface area (Å²) in [5, 5.41) is 2.99. The van der Waals surface area contributed by atoms with E-state index in [9.17, 15) is 13.2 Å². The summed E-state index contributed by atoms with van der Waals surface area (Å²) in [6, 6.07) is 18.6. The third-order valence-corrected chi connectivity index (χ3v) is 7.56. The molecule has 0 aromatic heterocycles. The number of aryl methyl sites for hydroxylation is 3. The van der Waals surface area contributed by atoms with Crippen molar-refractivity contribution in [2.24, 2.45) is 0 Å². The van der Waals surface area contributed by atoms with Crippen LogP contribution in [0.4, 0.5) is 5.69 Å². The van der Waals surface area contributed by atoms with Gasteiger partial charge in [0, 0.05) is 19.2 Å². The predicted octanol–water partition coefficient (Wildman–Crippen LogP) is 5.01. The van der Waals surface area contributed by atoms with Crippen molar-refractivity contribution in [1.29, 1.82) is 0 Å². The van der Waals surface area contributed by atoms with Crippen LogP contribution in [0.5, 0.6) is 5.75 Å². The molecule has 1 N–H and O–H groups in total. The zero-order valence-corrected chi connectivity index (χ0v) is 20.4. The molecule has 0 unspecified atom stereocenters. The molecule has 33 heavy (non-hydrogen) atoms. The minimum Gasteiger partial charge on any atom is -0.497 e. The van der Waals surface area contributed by atoms with Gasteiger partial charge < -0.3 is 10.1 Å². The Kier molecular flexibility index (Phi) is 7.56. The molecule has 0 saturated heterocycles. The number of hydrogen-bond acceptors (Lipinski definition) is 4. The van der Waals surface area contributed by atoms with Gasteiger partial charge in [-0.2, -0.15) is 4.31 Å². The Morgan fingerprint density at radius 3 is 2.09 bits per heavy atom. The van der Waals surface area contributed by atoms with E-state index in [2.05, 4.69) is 5.32 Å². The van der Waals surface area contributed by atoms with Crippen molar-refractivity contribution in [3.05, 3.63) is 89.0 Å².